The Kier molecular flexibility index (Phi) is 66.9. The summed E-state index contributed by atoms with van der Waals surface area (Å²) in [7, 11) is 0. The number of aromatic nitrogens is 12. The predicted molar refractivity (Wildman–Crippen MR) is 371 cm³/mol. The third-order valence-corrected chi connectivity index (χ3v) is 17.8. The quantitative estimate of drug-likeness (QED) is 0.0253. The second-order valence-corrected chi connectivity index (χ2v) is 26.3. The number of carboxylic acids is 8. The normalized spacial score (nSPS) is 11.4. The molecule has 0 atom stereocenters. The molecule has 0 unspecified atom stereocenters. The average Bonchev–Trinajstić information content (AvgIpc) is 0.836. The van der Waals surface area contributed by atoms with Crippen molar-refractivity contribution in [2.24, 2.45) is 0 Å². The monoisotopic (exact) mass is 1740 g/mol. The van der Waals surface area contributed by atoms with E-state index in [0.29, 0.717) is 149 Å². The second-order valence-electron chi connectivity index (χ2n) is 26.3. The van der Waals surface area contributed by atoms with Gasteiger partial charge in [-0.05, 0) is 150 Å². The number of carboxylic acid groups (broad SMARTS) is 8. The van der Waals surface area contributed by atoms with Crippen molar-refractivity contribution in [2.75, 3.05) is 141 Å². The molecular weight excluding hydrogens is 1650 g/mol. The predicted octanol–water partition coefficient (Wildman–Crippen LogP) is -33.7. The molecule has 2 aromatic carbocycles. The minimum absolute atomic E-state index is 0. The second kappa shape index (κ2) is 67.4. The van der Waals surface area contributed by atoms with E-state index in [2.05, 4.69) is 41.2 Å². The van der Waals surface area contributed by atoms with Crippen LogP contribution >= 0.6 is 0 Å². The Balaban J connectivity index is 0. The van der Waals surface area contributed by atoms with E-state index in [9.17, 15) is 89.4 Å². The molecule has 0 amide bonds. The van der Waals surface area contributed by atoms with Gasteiger partial charge in [0, 0.05) is 164 Å². The molecule has 48 heteroatoms. The number of ether oxygens (including phenoxy) is 4. The fraction of sp³-hybridized carbons (Fsp3) is 0.556. The molecule has 120 heavy (non-hydrogen) atoms. The number of benzene rings is 2. The van der Waals surface area contributed by atoms with Gasteiger partial charge in [0.2, 0.25) is 0 Å². The third kappa shape index (κ3) is 47.8. The summed E-state index contributed by atoms with van der Waals surface area (Å²) in [5, 5.41) is 150. The first-order valence-electron chi connectivity index (χ1n) is 36.8. The average molecular weight is 1750 g/mol. The van der Waals surface area contributed by atoms with E-state index in [1.54, 1.807) is 112 Å². The number of carbonyl (C=O) groups is 8. The van der Waals surface area contributed by atoms with Gasteiger partial charge in [0.1, 0.15) is 22.8 Å². The number of hydrogen-bond donors (Lipinski definition) is 0. The molecule has 612 valence electrons. The first kappa shape index (κ1) is 119. The number of carbonyl (C=O) groups excluding carboxylic acids is 8. The Morgan fingerprint density at radius 1 is 0.283 bits per heavy atom. The summed E-state index contributed by atoms with van der Waals surface area (Å²) in [4.78, 5) is 99.4. The Hall–Kier alpha value is -2.88. The van der Waals surface area contributed by atoms with Gasteiger partial charge in [0.15, 0.2) is 0 Å². The van der Waals surface area contributed by atoms with Crippen LogP contribution < -0.4 is 297 Å². The van der Waals surface area contributed by atoms with Crippen LogP contribution in [0.1, 0.15) is 111 Å². The van der Waals surface area contributed by atoms with E-state index >= 15 is 0 Å². The van der Waals surface area contributed by atoms with Gasteiger partial charge in [-0.25, -0.2) is 0 Å². The summed E-state index contributed by atoms with van der Waals surface area (Å²) in [6, 6.07) is 13.9. The zero-order chi connectivity index (χ0) is 80.6. The van der Waals surface area contributed by atoms with E-state index in [1.807, 2.05) is 9.80 Å². The van der Waals surface area contributed by atoms with Crippen LogP contribution in [0.4, 0.5) is 11.4 Å². The molecule has 0 bridgehead atoms. The van der Waals surface area contributed by atoms with Gasteiger partial charge < -0.3 is 138 Å². The molecule has 0 aliphatic heterocycles. The van der Waals surface area contributed by atoms with Crippen LogP contribution in [0.25, 0.3) is 11.1 Å². The number of nitrogens with zero attached hydrogens (tertiary/aromatic N) is 18. The number of rotatable bonds is 64. The Labute approximate surface area is 872 Å². The summed E-state index contributed by atoms with van der Waals surface area (Å²) in [5.41, 5.74) is 4.40. The van der Waals surface area contributed by atoms with Crippen LogP contribution in [0.5, 0.6) is 0 Å². The smallest absolute Gasteiger partial charge is 0.872 e. The summed E-state index contributed by atoms with van der Waals surface area (Å²) in [6.07, 6.45) is 6.87. The van der Waals surface area contributed by atoms with E-state index < -0.39 is 59.3 Å². The third-order valence-electron chi connectivity index (χ3n) is 17.8. The van der Waals surface area contributed by atoms with E-state index in [4.69, 9.17) is 18.9 Å². The molecule has 0 fully saturated rings. The van der Waals surface area contributed by atoms with E-state index in [1.165, 1.54) is 0 Å². The van der Waals surface area contributed by atoms with Crippen molar-refractivity contribution in [1.82, 2.24) is 79.6 Å². The molecule has 0 saturated heterocycles. The first-order valence-corrected chi connectivity index (χ1v) is 36.8. The van der Waals surface area contributed by atoms with Crippen molar-refractivity contribution in [1.29, 1.82) is 0 Å². The number of aryl methyl sites for hydroxylation is 4. The summed E-state index contributed by atoms with van der Waals surface area (Å²) in [5.74, 6) is -10.8. The summed E-state index contributed by atoms with van der Waals surface area (Å²) < 4.78 is 30.7. The van der Waals surface area contributed by atoms with Crippen LogP contribution in [0.2, 0.25) is 0 Å². The summed E-state index contributed by atoms with van der Waals surface area (Å²) >= 11 is 0. The van der Waals surface area contributed by atoms with Gasteiger partial charge in [0.25, 0.3) is 0 Å². The van der Waals surface area contributed by atoms with Crippen molar-refractivity contribution in [3.63, 3.8) is 0 Å². The molecule has 6 aromatic rings. The molecule has 0 saturated carbocycles. The van der Waals surface area contributed by atoms with Crippen molar-refractivity contribution in [3.05, 3.63) is 119 Å². The Morgan fingerprint density at radius 3 is 0.658 bits per heavy atom. The standard InChI is InChI=1S/C72H102N18O22.8Na/c91-61(92)13-29-81(30-14-62(93)94)21-1-25-87-45-55(73-77-87)49-109-41-37-85(38-42-110-50-56-46-88(78-74-56)26-2-22-82(31-15-63(95)96)32-16-64(97)98)59-9-5-53(6-10-59)69-71(107)70(72(69)108)54-7-11-60(12-8-54)86(39-43-111-51-57-47-89(79-75-57)27-3-23-83(33-17-65(99)100)34-18-66(101)102)40-44-112-52-58-48-90(80-76-58)28-4-24-84(35-19-67(103)104)36-20-68(105)106;;;;;;;;/h5-12,45-48,107-108H,1-4,13-44,49-52H2,(H,91,92)(H,93,94)(H,95,96)(H,97,98)(H,99,100)(H,101,102)(H,103,104)(H,105,106);;;;;;;;/q;8*+1/p-10. The fourth-order valence-electron chi connectivity index (χ4n) is 12.0. The molecule has 1 aliphatic rings. The molecular formula is C72H92N18Na8O22-2. The van der Waals surface area contributed by atoms with Gasteiger partial charge in [-0.1, -0.05) is 56.6 Å². The topological polar surface area (TPSA) is 546 Å². The largest absolute Gasteiger partial charge is 1.00 e. The van der Waals surface area contributed by atoms with Crippen molar-refractivity contribution in [2.45, 2.75) is 130 Å². The maximum Gasteiger partial charge on any atom is 1.00 e. The zero-order valence-corrected chi connectivity index (χ0v) is 86.2. The van der Waals surface area contributed by atoms with Crippen molar-refractivity contribution < 1.29 is 345 Å². The maximum atomic E-state index is 14.1. The summed E-state index contributed by atoms with van der Waals surface area (Å²) in [6.45, 7) is 6.76. The molecule has 0 N–H and O–H groups in total. The van der Waals surface area contributed by atoms with Crippen LogP contribution in [0.15, 0.2) is 84.8 Å². The molecule has 4 heterocycles. The maximum absolute atomic E-state index is 14.1. The molecule has 0 radical (unpaired) electrons. The molecule has 1 aliphatic carbocycles. The van der Waals surface area contributed by atoms with Gasteiger partial charge in [0.05, 0.1) is 77.6 Å². The Morgan fingerprint density at radius 2 is 0.475 bits per heavy atom. The minimum atomic E-state index is -1.25. The van der Waals surface area contributed by atoms with Crippen molar-refractivity contribution >= 4 is 70.3 Å². The van der Waals surface area contributed by atoms with Crippen LogP contribution in [0, 0.1) is 0 Å². The van der Waals surface area contributed by atoms with Gasteiger partial charge in [-0.3, -0.25) is 18.7 Å². The van der Waals surface area contributed by atoms with Crippen LogP contribution in [-0.2, 0) is 110 Å². The molecule has 7 rings (SSSR count). The van der Waals surface area contributed by atoms with Crippen molar-refractivity contribution in [3.8, 4) is 0 Å². The van der Waals surface area contributed by atoms with E-state index in [0.717, 1.165) is 0 Å². The van der Waals surface area contributed by atoms with Gasteiger partial charge >= 0.3 is 236 Å². The van der Waals surface area contributed by atoms with Gasteiger partial charge in [-0.15, -0.1) is 20.4 Å². The first-order chi connectivity index (χ1) is 53.9. The fourth-order valence-corrected chi connectivity index (χ4v) is 12.0. The van der Waals surface area contributed by atoms with E-state index in [-0.39, 0.29) is 404 Å². The minimum Gasteiger partial charge on any atom is -0.872 e. The zero-order valence-electron chi connectivity index (χ0n) is 70.2. The number of anilines is 2. The molecule has 0 spiro atoms. The SMILES string of the molecule is O=C([O-])CCN(CCCn1cc(COCCN(CCOCc2cn(CCCN(CCC(=O)[O-])CCC(=O)[O-])nn2)c2ccc(C3=C([O-])C(c4ccc(N(CCOCc5cn(CCCN(CCC(=O)[O-])CCC(=O)[O-])nn5)CCOCc5cn(CCCN(CCC(=O)[O-])CCC(=O)[O-])nn5)cc4)=C3[O-])cc2)nn1)CCC(=O)[O-].[Na+].[Na+].[Na+].[Na+].[Na+].[Na+].[Na+].[Na+]. The molecule has 40 nitrogen and oxygen atoms in total. The number of hydrogen-bond acceptors (Lipinski definition) is 36. The van der Waals surface area contributed by atoms with Crippen LogP contribution in [-0.4, -0.2) is 258 Å². The molecule has 4 aromatic heterocycles. The van der Waals surface area contributed by atoms with Gasteiger partial charge in [-0.2, -0.15) is 0 Å². The Bertz CT molecular complexity index is 3520. The van der Waals surface area contributed by atoms with Crippen LogP contribution in [0.3, 0.4) is 0 Å². The number of allylic oxidation sites excluding steroid dienone is 2. The number of aliphatic carboxylic acids is 8.